The highest BCUT2D eigenvalue weighted by Gasteiger charge is 2.20. The quantitative estimate of drug-likeness (QED) is 0.424. The highest BCUT2D eigenvalue weighted by atomic mass is 35.5. The van der Waals surface area contributed by atoms with Gasteiger partial charge in [-0.3, -0.25) is 14.4 Å². The molecular weight excluding hydrogens is 388 g/mol. The van der Waals surface area contributed by atoms with E-state index in [1.165, 1.54) is 6.92 Å². The summed E-state index contributed by atoms with van der Waals surface area (Å²) in [4.78, 5) is 46.8. The molecule has 0 heterocycles. The zero-order valence-corrected chi connectivity index (χ0v) is 16.5. The van der Waals surface area contributed by atoms with E-state index in [0.717, 1.165) is 6.42 Å². The Hall–Kier alpha value is -2.81. The summed E-state index contributed by atoms with van der Waals surface area (Å²) in [5.41, 5.74) is 5.75. The number of carbonyl (C=O) groups is 4. The third-order valence-electron chi connectivity index (χ3n) is 3.64. The first-order chi connectivity index (χ1) is 13.2. The fourth-order valence-electron chi connectivity index (χ4n) is 2.24. The molecule has 9 nitrogen and oxygen atoms in total. The van der Waals surface area contributed by atoms with Crippen LogP contribution < -0.4 is 21.7 Å². The number of hydrogen-bond donors (Lipinski definition) is 4. The number of esters is 1. The molecule has 10 heteroatoms. The molecule has 1 rings (SSSR count). The Kier molecular flexibility index (Phi) is 9.80. The minimum atomic E-state index is -0.808. The van der Waals surface area contributed by atoms with E-state index in [0.29, 0.717) is 17.1 Å². The highest BCUT2D eigenvalue weighted by Crippen LogP contribution is 2.19. The van der Waals surface area contributed by atoms with Crippen molar-refractivity contribution in [2.75, 3.05) is 13.2 Å². The zero-order valence-electron chi connectivity index (χ0n) is 15.8. The molecule has 0 aliphatic carbocycles. The minimum absolute atomic E-state index is 0.232. The van der Waals surface area contributed by atoms with Crippen molar-refractivity contribution in [1.29, 1.82) is 0 Å². The Morgan fingerprint density at radius 1 is 1.14 bits per heavy atom. The molecule has 2 atom stereocenters. The maximum Gasteiger partial charge on any atom is 0.312 e. The lowest BCUT2D eigenvalue weighted by Crippen LogP contribution is -2.46. The maximum absolute atomic E-state index is 12.0. The van der Waals surface area contributed by atoms with E-state index >= 15 is 0 Å². The van der Waals surface area contributed by atoms with Crippen molar-refractivity contribution in [3.8, 4) is 0 Å². The molecule has 0 aromatic heterocycles. The summed E-state index contributed by atoms with van der Waals surface area (Å²) in [5, 5.41) is 8.02. The Morgan fingerprint density at radius 2 is 1.79 bits per heavy atom. The molecule has 0 fully saturated rings. The zero-order chi connectivity index (χ0) is 21.1. The van der Waals surface area contributed by atoms with Crippen LogP contribution in [0.4, 0.5) is 4.79 Å². The van der Waals surface area contributed by atoms with Gasteiger partial charge in [-0.15, -0.1) is 0 Å². The van der Waals surface area contributed by atoms with Gasteiger partial charge in [0, 0.05) is 11.6 Å². The van der Waals surface area contributed by atoms with Crippen molar-refractivity contribution >= 4 is 35.4 Å². The lowest BCUT2D eigenvalue weighted by molar-refractivity contribution is -0.149. The van der Waals surface area contributed by atoms with E-state index < -0.39 is 36.6 Å². The number of hydrogen-bond acceptors (Lipinski definition) is 5. The number of rotatable bonds is 10. The van der Waals surface area contributed by atoms with Crippen LogP contribution in [0.2, 0.25) is 5.02 Å². The predicted octanol–water partition coefficient (Wildman–Crippen LogP) is 1.01. The first-order valence-corrected chi connectivity index (χ1v) is 9.14. The van der Waals surface area contributed by atoms with Crippen LogP contribution in [-0.4, -0.2) is 43.0 Å². The van der Waals surface area contributed by atoms with Crippen LogP contribution >= 0.6 is 11.6 Å². The van der Waals surface area contributed by atoms with Crippen molar-refractivity contribution in [2.24, 2.45) is 5.73 Å². The van der Waals surface area contributed by atoms with E-state index in [-0.39, 0.29) is 12.3 Å². The van der Waals surface area contributed by atoms with Crippen molar-refractivity contribution in [3.05, 3.63) is 34.9 Å². The lowest BCUT2D eigenvalue weighted by Gasteiger charge is -2.18. The molecular formula is C18H25ClN4O5. The molecule has 0 radical (unpaired) electrons. The molecule has 5 N–H and O–H groups in total. The van der Waals surface area contributed by atoms with Crippen molar-refractivity contribution in [1.82, 2.24) is 16.0 Å². The summed E-state index contributed by atoms with van der Waals surface area (Å²) < 4.78 is 4.92. The molecule has 0 spiro atoms. The summed E-state index contributed by atoms with van der Waals surface area (Å²) in [6, 6.07) is 4.20. The van der Waals surface area contributed by atoms with Gasteiger partial charge in [0.05, 0.1) is 12.5 Å². The molecule has 0 bridgehead atoms. The lowest BCUT2D eigenvalue weighted by atomic mass is 10.0. The van der Waals surface area contributed by atoms with Crippen molar-refractivity contribution in [2.45, 2.75) is 38.8 Å². The summed E-state index contributed by atoms with van der Waals surface area (Å²) in [5.74, 6) is -1.65. The molecule has 0 aliphatic heterocycles. The topological polar surface area (TPSA) is 140 Å². The van der Waals surface area contributed by atoms with Crippen LogP contribution in [0.3, 0.4) is 0 Å². The van der Waals surface area contributed by atoms with Gasteiger partial charge < -0.3 is 26.4 Å². The molecule has 0 unspecified atom stereocenters. The Morgan fingerprint density at radius 3 is 2.36 bits per heavy atom. The van der Waals surface area contributed by atoms with Gasteiger partial charge in [0.15, 0.2) is 6.61 Å². The largest absolute Gasteiger partial charge is 0.456 e. The van der Waals surface area contributed by atoms with Crippen LogP contribution in [0.5, 0.6) is 0 Å². The van der Waals surface area contributed by atoms with Crippen LogP contribution in [-0.2, 0) is 19.1 Å². The molecule has 154 valence electrons. The fourth-order valence-corrected chi connectivity index (χ4v) is 2.37. The van der Waals surface area contributed by atoms with Gasteiger partial charge in [-0.2, -0.15) is 0 Å². The van der Waals surface area contributed by atoms with Crippen LogP contribution in [0, 0.1) is 0 Å². The van der Waals surface area contributed by atoms with Gasteiger partial charge in [-0.25, -0.2) is 4.79 Å². The highest BCUT2D eigenvalue weighted by molar-refractivity contribution is 6.30. The van der Waals surface area contributed by atoms with E-state index in [2.05, 4.69) is 16.0 Å². The Bertz CT molecular complexity index is 696. The van der Waals surface area contributed by atoms with Crippen molar-refractivity contribution < 1.29 is 23.9 Å². The molecule has 0 aliphatic rings. The van der Waals surface area contributed by atoms with Crippen LogP contribution in [0.1, 0.15) is 38.3 Å². The number of nitrogens with one attached hydrogen (secondary N) is 3. The second kappa shape index (κ2) is 11.8. The molecule has 0 saturated carbocycles. The number of amides is 4. The second-order valence-corrected chi connectivity index (χ2v) is 6.49. The number of urea groups is 1. The summed E-state index contributed by atoms with van der Waals surface area (Å²) in [7, 11) is 0. The number of halogens is 1. The summed E-state index contributed by atoms with van der Waals surface area (Å²) >= 11 is 5.83. The number of ether oxygens (including phenoxy) is 1. The predicted molar refractivity (Wildman–Crippen MR) is 103 cm³/mol. The summed E-state index contributed by atoms with van der Waals surface area (Å²) in [6.07, 6.45) is 0.544. The molecule has 1 aromatic carbocycles. The van der Waals surface area contributed by atoms with Gasteiger partial charge in [-0.05, 0) is 31.0 Å². The van der Waals surface area contributed by atoms with Crippen molar-refractivity contribution in [3.63, 3.8) is 0 Å². The Labute approximate surface area is 168 Å². The third-order valence-corrected chi connectivity index (χ3v) is 3.90. The van der Waals surface area contributed by atoms with Gasteiger partial charge in [0.25, 0.3) is 5.91 Å². The average Bonchev–Trinajstić information content (AvgIpc) is 2.64. The molecule has 0 saturated heterocycles. The number of benzene rings is 1. The van der Waals surface area contributed by atoms with Gasteiger partial charge in [0.2, 0.25) is 5.91 Å². The smallest absolute Gasteiger partial charge is 0.312 e. The fraction of sp³-hybridized carbons (Fsp3) is 0.444. The van der Waals surface area contributed by atoms with Gasteiger partial charge in [0.1, 0.15) is 6.04 Å². The Balaban J connectivity index is 2.53. The first kappa shape index (κ1) is 23.2. The minimum Gasteiger partial charge on any atom is -0.456 e. The van der Waals surface area contributed by atoms with Crippen LogP contribution in [0.15, 0.2) is 24.3 Å². The second-order valence-electron chi connectivity index (χ2n) is 6.06. The van der Waals surface area contributed by atoms with E-state index in [1.54, 1.807) is 24.3 Å². The average molecular weight is 413 g/mol. The number of carbonyl (C=O) groups excluding carboxylic acids is 4. The number of primary amides is 1. The normalized spacial score (nSPS) is 12.4. The maximum atomic E-state index is 12.0. The SMILES string of the molecule is CCCNC(=O)[C@@H](C)NC(=O)COC(=O)C[C@@H](NC(N)=O)c1ccc(Cl)cc1. The standard InChI is InChI=1S/C18H25ClN4O5/c1-3-8-21-17(26)11(2)22-15(24)10-28-16(25)9-14(23-18(20)27)12-4-6-13(19)7-5-12/h4-7,11,14H,3,8-10H2,1-2H3,(H,21,26)(H,22,24)(H3,20,23,27)/t11-,14-/m1/s1. The van der Waals surface area contributed by atoms with E-state index in [9.17, 15) is 19.2 Å². The van der Waals surface area contributed by atoms with Gasteiger partial charge >= 0.3 is 12.0 Å². The molecule has 4 amide bonds. The molecule has 28 heavy (non-hydrogen) atoms. The van der Waals surface area contributed by atoms with E-state index in [1.807, 2.05) is 6.92 Å². The van der Waals surface area contributed by atoms with Gasteiger partial charge in [-0.1, -0.05) is 30.7 Å². The number of nitrogens with two attached hydrogens (primary N) is 1. The summed E-state index contributed by atoms with van der Waals surface area (Å²) in [6.45, 7) is 3.40. The van der Waals surface area contributed by atoms with Crippen LogP contribution in [0.25, 0.3) is 0 Å². The monoisotopic (exact) mass is 412 g/mol. The third kappa shape index (κ3) is 8.72. The molecule has 1 aromatic rings. The first-order valence-electron chi connectivity index (χ1n) is 8.77. The van der Waals surface area contributed by atoms with E-state index in [4.69, 9.17) is 22.1 Å².